The molecule has 1 heterocycles. The van der Waals surface area contributed by atoms with Crippen LogP contribution >= 0.6 is 0 Å². The highest BCUT2D eigenvalue weighted by Gasteiger charge is 2.19. The van der Waals surface area contributed by atoms with E-state index in [0.717, 1.165) is 31.9 Å². The smallest absolute Gasteiger partial charge is 0.423 e. The quantitative estimate of drug-likeness (QED) is 0.710. The molecule has 0 amide bonds. The maximum atomic E-state index is 9.16. The Balaban J connectivity index is 2.12. The van der Waals surface area contributed by atoms with Crippen LogP contribution in [-0.2, 0) is 4.74 Å². The lowest BCUT2D eigenvalue weighted by molar-refractivity contribution is 0.0199. The van der Waals surface area contributed by atoms with E-state index in [9.17, 15) is 0 Å². The molecular formula is C12H18BNO3. The van der Waals surface area contributed by atoms with Crippen LogP contribution in [0.3, 0.4) is 0 Å². The van der Waals surface area contributed by atoms with E-state index in [4.69, 9.17) is 14.8 Å². The van der Waals surface area contributed by atoms with Crippen molar-refractivity contribution in [1.82, 2.24) is 4.90 Å². The van der Waals surface area contributed by atoms with Crippen LogP contribution in [0.5, 0.6) is 0 Å². The number of nitrogens with zero attached hydrogens (tertiary/aromatic N) is 1. The zero-order valence-corrected chi connectivity index (χ0v) is 10.0. The van der Waals surface area contributed by atoms with Gasteiger partial charge in [0.25, 0.3) is 0 Å². The lowest BCUT2D eigenvalue weighted by atomic mass is 9.79. The fraction of sp³-hybridized carbons (Fsp3) is 0.500. The normalized spacial score (nSPS) is 19.0. The van der Waals surface area contributed by atoms with Gasteiger partial charge in [-0.2, -0.15) is 0 Å². The molecule has 17 heavy (non-hydrogen) atoms. The highest BCUT2D eigenvalue weighted by atomic mass is 16.5. The minimum Gasteiger partial charge on any atom is -0.423 e. The van der Waals surface area contributed by atoms with Gasteiger partial charge in [-0.3, -0.25) is 4.90 Å². The van der Waals surface area contributed by atoms with Gasteiger partial charge in [0.1, 0.15) is 0 Å². The molecule has 0 radical (unpaired) electrons. The minimum atomic E-state index is -1.40. The van der Waals surface area contributed by atoms with Crippen LogP contribution in [0.2, 0.25) is 0 Å². The lowest BCUT2D eigenvalue weighted by Gasteiger charge is -2.32. The Labute approximate surface area is 102 Å². The van der Waals surface area contributed by atoms with Crippen LogP contribution in [0.15, 0.2) is 24.3 Å². The summed E-state index contributed by atoms with van der Waals surface area (Å²) in [4.78, 5) is 2.34. The van der Waals surface area contributed by atoms with Gasteiger partial charge in [0.2, 0.25) is 0 Å². The molecular weight excluding hydrogens is 217 g/mol. The zero-order chi connectivity index (χ0) is 12.3. The Bertz CT molecular complexity index is 367. The monoisotopic (exact) mass is 235 g/mol. The van der Waals surface area contributed by atoms with Gasteiger partial charge in [-0.1, -0.05) is 24.3 Å². The van der Waals surface area contributed by atoms with Gasteiger partial charge in [-0.15, -0.1) is 0 Å². The van der Waals surface area contributed by atoms with Crippen LogP contribution < -0.4 is 5.46 Å². The molecule has 5 heteroatoms. The van der Waals surface area contributed by atoms with Crippen LogP contribution in [0.4, 0.5) is 0 Å². The molecule has 1 aromatic rings. The number of rotatable bonds is 3. The van der Waals surface area contributed by atoms with Gasteiger partial charge in [0.15, 0.2) is 0 Å². The van der Waals surface area contributed by atoms with Crippen LogP contribution in [0.25, 0.3) is 0 Å². The molecule has 0 saturated carbocycles. The molecule has 1 atom stereocenters. The second-order valence-electron chi connectivity index (χ2n) is 4.37. The molecule has 2 rings (SSSR count). The molecule has 1 saturated heterocycles. The van der Waals surface area contributed by atoms with Crippen molar-refractivity contribution in [2.24, 2.45) is 0 Å². The van der Waals surface area contributed by atoms with Crippen molar-refractivity contribution in [2.45, 2.75) is 13.0 Å². The SMILES string of the molecule is CC(c1cccc(B(O)O)c1)N1CCOCC1. The maximum absolute atomic E-state index is 9.16. The van der Waals surface area contributed by atoms with Gasteiger partial charge < -0.3 is 14.8 Å². The third kappa shape index (κ3) is 3.07. The van der Waals surface area contributed by atoms with Gasteiger partial charge >= 0.3 is 7.12 Å². The van der Waals surface area contributed by atoms with E-state index >= 15 is 0 Å². The molecule has 1 aromatic carbocycles. The summed E-state index contributed by atoms with van der Waals surface area (Å²) in [5.41, 5.74) is 1.65. The Morgan fingerprint density at radius 3 is 2.65 bits per heavy atom. The van der Waals surface area contributed by atoms with Crippen molar-refractivity contribution in [3.05, 3.63) is 29.8 Å². The molecule has 0 aromatic heterocycles. The van der Waals surface area contributed by atoms with E-state index in [-0.39, 0.29) is 6.04 Å². The molecule has 0 bridgehead atoms. The van der Waals surface area contributed by atoms with Crippen molar-refractivity contribution in [3.8, 4) is 0 Å². The highest BCUT2D eigenvalue weighted by Crippen LogP contribution is 2.20. The molecule has 92 valence electrons. The summed E-state index contributed by atoms with van der Waals surface area (Å²) in [5.74, 6) is 0. The molecule has 1 unspecified atom stereocenters. The Kier molecular flexibility index (Phi) is 4.18. The van der Waals surface area contributed by atoms with E-state index in [0.29, 0.717) is 5.46 Å². The summed E-state index contributed by atoms with van der Waals surface area (Å²) in [5, 5.41) is 18.3. The lowest BCUT2D eigenvalue weighted by Crippen LogP contribution is -2.38. The Morgan fingerprint density at radius 1 is 1.29 bits per heavy atom. The summed E-state index contributed by atoms with van der Waals surface area (Å²) in [6, 6.07) is 7.73. The van der Waals surface area contributed by atoms with Crippen molar-refractivity contribution < 1.29 is 14.8 Å². The number of hydrogen-bond donors (Lipinski definition) is 2. The van der Waals surface area contributed by atoms with E-state index in [2.05, 4.69) is 11.8 Å². The molecule has 2 N–H and O–H groups in total. The predicted molar refractivity (Wildman–Crippen MR) is 67.1 cm³/mol. The topological polar surface area (TPSA) is 52.9 Å². The van der Waals surface area contributed by atoms with E-state index in [1.165, 1.54) is 0 Å². The second-order valence-corrected chi connectivity index (χ2v) is 4.37. The average molecular weight is 235 g/mol. The van der Waals surface area contributed by atoms with E-state index in [1.54, 1.807) is 6.07 Å². The molecule has 1 aliphatic rings. The van der Waals surface area contributed by atoms with Gasteiger partial charge in [-0.05, 0) is 17.9 Å². The maximum Gasteiger partial charge on any atom is 0.488 e. The molecule has 0 aliphatic carbocycles. The molecule has 1 fully saturated rings. The Morgan fingerprint density at radius 2 is 2.00 bits per heavy atom. The van der Waals surface area contributed by atoms with Crippen LogP contribution in [0, 0.1) is 0 Å². The molecule has 4 nitrogen and oxygen atoms in total. The highest BCUT2D eigenvalue weighted by molar-refractivity contribution is 6.58. The molecule has 0 spiro atoms. The summed E-state index contributed by atoms with van der Waals surface area (Å²) in [6.45, 7) is 5.52. The zero-order valence-electron chi connectivity index (χ0n) is 10.0. The van der Waals surface area contributed by atoms with Crippen molar-refractivity contribution in [2.75, 3.05) is 26.3 Å². The third-order valence-electron chi connectivity index (χ3n) is 3.28. The van der Waals surface area contributed by atoms with Crippen molar-refractivity contribution in [3.63, 3.8) is 0 Å². The first-order valence-corrected chi connectivity index (χ1v) is 5.96. The van der Waals surface area contributed by atoms with Crippen molar-refractivity contribution in [1.29, 1.82) is 0 Å². The standard InChI is InChI=1S/C12H18BNO3/c1-10(14-5-7-17-8-6-14)11-3-2-4-12(9-11)13(15)16/h2-4,9-10,15-16H,5-8H2,1H3. The van der Waals surface area contributed by atoms with Crippen LogP contribution in [0.1, 0.15) is 18.5 Å². The van der Waals surface area contributed by atoms with Crippen LogP contribution in [-0.4, -0.2) is 48.4 Å². The summed E-state index contributed by atoms with van der Waals surface area (Å²) in [7, 11) is -1.40. The average Bonchev–Trinajstić information content (AvgIpc) is 2.39. The fourth-order valence-electron chi connectivity index (χ4n) is 2.16. The molecule has 1 aliphatic heterocycles. The fourth-order valence-corrected chi connectivity index (χ4v) is 2.16. The Hall–Kier alpha value is -0.875. The van der Waals surface area contributed by atoms with Gasteiger partial charge in [0.05, 0.1) is 13.2 Å². The number of benzene rings is 1. The second kappa shape index (κ2) is 5.64. The van der Waals surface area contributed by atoms with E-state index in [1.807, 2.05) is 18.2 Å². The number of morpholine rings is 1. The number of hydrogen-bond acceptors (Lipinski definition) is 4. The first kappa shape index (κ1) is 12.6. The van der Waals surface area contributed by atoms with Crippen molar-refractivity contribution >= 4 is 12.6 Å². The van der Waals surface area contributed by atoms with E-state index < -0.39 is 7.12 Å². The first-order chi connectivity index (χ1) is 8.18. The number of ether oxygens (including phenoxy) is 1. The van der Waals surface area contributed by atoms with Gasteiger partial charge in [0, 0.05) is 19.1 Å². The minimum absolute atomic E-state index is 0.276. The first-order valence-electron chi connectivity index (χ1n) is 5.96. The van der Waals surface area contributed by atoms with Gasteiger partial charge in [-0.25, -0.2) is 0 Å². The largest absolute Gasteiger partial charge is 0.488 e. The summed E-state index contributed by atoms with van der Waals surface area (Å²) in [6.07, 6.45) is 0. The summed E-state index contributed by atoms with van der Waals surface area (Å²) < 4.78 is 5.33. The third-order valence-corrected chi connectivity index (χ3v) is 3.28. The summed E-state index contributed by atoms with van der Waals surface area (Å²) >= 11 is 0. The predicted octanol–water partition coefficient (Wildman–Crippen LogP) is -0.240.